The van der Waals surface area contributed by atoms with Gasteiger partial charge in [0, 0.05) is 12.6 Å². The van der Waals surface area contributed by atoms with Crippen molar-refractivity contribution in [3.63, 3.8) is 0 Å². The van der Waals surface area contributed by atoms with Gasteiger partial charge in [-0.2, -0.15) is 0 Å². The number of benzene rings is 1. The van der Waals surface area contributed by atoms with E-state index in [1.165, 1.54) is 12.8 Å². The molecule has 1 aromatic carbocycles. The van der Waals surface area contributed by atoms with Crippen LogP contribution in [0.2, 0.25) is 0 Å². The molecule has 0 saturated heterocycles. The fraction of sp³-hybridized carbons (Fsp3) is 0.435. The summed E-state index contributed by atoms with van der Waals surface area (Å²) in [6.07, 6.45) is 7.42. The number of methoxy groups -OCH3 is 1. The highest BCUT2D eigenvalue weighted by Crippen LogP contribution is 2.18. The number of nitrogens with zero attached hydrogens (tertiary/aromatic N) is 1. The van der Waals surface area contributed by atoms with Crippen LogP contribution in [0.1, 0.15) is 65.1 Å². The van der Waals surface area contributed by atoms with Crippen molar-refractivity contribution in [1.82, 2.24) is 15.6 Å². The van der Waals surface area contributed by atoms with Gasteiger partial charge in [-0.15, -0.1) is 0 Å². The fourth-order valence-electron chi connectivity index (χ4n) is 3.68. The second-order valence-corrected chi connectivity index (χ2v) is 7.39. The van der Waals surface area contributed by atoms with Gasteiger partial charge in [0.15, 0.2) is 0 Å². The topological polar surface area (TPSA) is 80.3 Å². The summed E-state index contributed by atoms with van der Waals surface area (Å²) < 4.78 is 5.33. The third-order valence-electron chi connectivity index (χ3n) is 5.28. The first kappa shape index (κ1) is 20.8. The van der Waals surface area contributed by atoms with E-state index in [4.69, 9.17) is 4.74 Å². The number of aromatic nitrogens is 1. The van der Waals surface area contributed by atoms with Crippen LogP contribution in [-0.4, -0.2) is 36.5 Å². The molecule has 1 fully saturated rings. The smallest absolute Gasteiger partial charge is 0.270 e. The molecule has 6 heteroatoms. The van der Waals surface area contributed by atoms with Crippen molar-refractivity contribution < 1.29 is 14.3 Å². The van der Waals surface area contributed by atoms with Gasteiger partial charge in [-0.05, 0) is 43.0 Å². The quantitative estimate of drug-likeness (QED) is 0.703. The van der Waals surface area contributed by atoms with Crippen molar-refractivity contribution in [2.75, 3.05) is 13.7 Å². The maximum atomic E-state index is 12.6. The Balaban J connectivity index is 1.55. The molecule has 0 atom stereocenters. The average molecular weight is 396 g/mol. The minimum atomic E-state index is -0.288. The fourth-order valence-corrected chi connectivity index (χ4v) is 3.68. The largest absolute Gasteiger partial charge is 0.496 e. The lowest BCUT2D eigenvalue weighted by Gasteiger charge is -2.16. The van der Waals surface area contributed by atoms with Gasteiger partial charge in [0.2, 0.25) is 0 Å². The Labute approximate surface area is 172 Å². The maximum absolute atomic E-state index is 12.6. The third-order valence-corrected chi connectivity index (χ3v) is 5.28. The van der Waals surface area contributed by atoms with E-state index < -0.39 is 0 Å². The minimum absolute atomic E-state index is 0.199. The number of pyridine rings is 1. The lowest BCUT2D eigenvalue weighted by molar-refractivity contribution is 0.0927. The predicted octanol–water partition coefficient (Wildman–Crippen LogP) is 3.52. The lowest BCUT2D eigenvalue weighted by Crippen LogP contribution is -2.35. The van der Waals surface area contributed by atoms with Gasteiger partial charge in [-0.25, -0.2) is 4.98 Å². The van der Waals surface area contributed by atoms with E-state index in [-0.39, 0.29) is 29.2 Å². The van der Waals surface area contributed by atoms with Gasteiger partial charge < -0.3 is 15.4 Å². The molecule has 29 heavy (non-hydrogen) atoms. The Morgan fingerprint density at radius 1 is 0.966 bits per heavy atom. The number of amides is 2. The molecule has 0 radical (unpaired) electrons. The summed E-state index contributed by atoms with van der Waals surface area (Å²) in [5.41, 5.74) is 1.56. The molecular weight excluding hydrogens is 366 g/mol. The normalized spacial score (nSPS) is 14.7. The van der Waals surface area contributed by atoms with Gasteiger partial charge in [0.25, 0.3) is 11.8 Å². The van der Waals surface area contributed by atoms with Crippen LogP contribution in [0.15, 0.2) is 42.5 Å². The monoisotopic (exact) mass is 395 g/mol. The summed E-state index contributed by atoms with van der Waals surface area (Å²) >= 11 is 0. The first-order valence-electron chi connectivity index (χ1n) is 10.4. The summed E-state index contributed by atoms with van der Waals surface area (Å²) in [5, 5.41) is 5.94. The number of carbonyl (C=O) groups is 2. The molecule has 0 spiro atoms. The molecule has 6 nitrogen and oxygen atoms in total. The highest BCUT2D eigenvalue weighted by atomic mass is 16.5. The average Bonchev–Trinajstić information content (AvgIpc) is 3.02. The second-order valence-electron chi connectivity index (χ2n) is 7.39. The number of rotatable bonds is 7. The summed E-state index contributed by atoms with van der Waals surface area (Å²) in [4.78, 5) is 29.3. The summed E-state index contributed by atoms with van der Waals surface area (Å²) in [5.74, 6) is 0.307. The molecule has 1 aliphatic rings. The van der Waals surface area contributed by atoms with E-state index in [1.54, 1.807) is 25.3 Å². The predicted molar refractivity (Wildman–Crippen MR) is 112 cm³/mol. The molecule has 1 saturated carbocycles. The van der Waals surface area contributed by atoms with E-state index in [1.807, 2.05) is 24.3 Å². The van der Waals surface area contributed by atoms with Gasteiger partial charge in [-0.3, -0.25) is 9.59 Å². The Morgan fingerprint density at radius 3 is 2.38 bits per heavy atom. The number of nitrogens with one attached hydrogen (secondary N) is 2. The van der Waals surface area contributed by atoms with E-state index in [0.717, 1.165) is 37.0 Å². The van der Waals surface area contributed by atoms with Crippen LogP contribution < -0.4 is 15.4 Å². The number of hydrogen-bond donors (Lipinski definition) is 2. The highest BCUT2D eigenvalue weighted by molar-refractivity contribution is 5.96. The van der Waals surface area contributed by atoms with Gasteiger partial charge in [0.05, 0.1) is 7.11 Å². The van der Waals surface area contributed by atoms with Crippen LogP contribution in [0.4, 0.5) is 0 Å². The maximum Gasteiger partial charge on any atom is 0.270 e. The van der Waals surface area contributed by atoms with Crippen molar-refractivity contribution in [3.05, 3.63) is 59.4 Å². The van der Waals surface area contributed by atoms with E-state index in [0.29, 0.717) is 13.0 Å². The standard InChI is InChI=1S/C23H29N3O3/c1-29-21-14-7-6-9-17(21)15-16-24-22(27)19-12-8-13-20(26-19)23(28)25-18-10-4-2-3-5-11-18/h6-9,12-14,18H,2-5,10-11,15-16H2,1H3,(H,24,27)(H,25,28). The van der Waals surface area contributed by atoms with Crippen molar-refractivity contribution in [3.8, 4) is 5.75 Å². The summed E-state index contributed by atoms with van der Waals surface area (Å²) in [6, 6.07) is 12.9. The first-order valence-corrected chi connectivity index (χ1v) is 10.4. The molecule has 2 amide bonds. The number of carbonyl (C=O) groups excluding carboxylic acids is 2. The SMILES string of the molecule is COc1ccccc1CCNC(=O)c1cccc(C(=O)NC2CCCCCC2)n1. The molecule has 1 heterocycles. The molecule has 3 rings (SSSR count). The van der Waals surface area contributed by atoms with E-state index in [2.05, 4.69) is 15.6 Å². The highest BCUT2D eigenvalue weighted by Gasteiger charge is 2.18. The van der Waals surface area contributed by atoms with Crippen LogP contribution in [-0.2, 0) is 6.42 Å². The first-order chi connectivity index (χ1) is 14.2. The van der Waals surface area contributed by atoms with Crippen LogP contribution in [0.5, 0.6) is 5.75 Å². The number of para-hydroxylation sites is 1. The number of ether oxygens (including phenoxy) is 1. The zero-order valence-corrected chi connectivity index (χ0v) is 16.9. The van der Waals surface area contributed by atoms with E-state index >= 15 is 0 Å². The zero-order chi connectivity index (χ0) is 20.5. The molecule has 0 bridgehead atoms. The minimum Gasteiger partial charge on any atom is -0.496 e. The molecule has 1 aliphatic carbocycles. The molecule has 0 unspecified atom stereocenters. The summed E-state index contributed by atoms with van der Waals surface area (Å²) in [7, 11) is 1.63. The van der Waals surface area contributed by atoms with Gasteiger partial charge in [0.1, 0.15) is 17.1 Å². The molecule has 154 valence electrons. The zero-order valence-electron chi connectivity index (χ0n) is 16.9. The van der Waals surface area contributed by atoms with Crippen LogP contribution in [0.3, 0.4) is 0 Å². The Morgan fingerprint density at radius 2 is 1.66 bits per heavy atom. The molecule has 0 aliphatic heterocycles. The molecule has 1 aromatic heterocycles. The molecule has 2 aromatic rings. The number of hydrogen-bond acceptors (Lipinski definition) is 4. The summed E-state index contributed by atoms with van der Waals surface area (Å²) in [6.45, 7) is 0.458. The lowest BCUT2D eigenvalue weighted by atomic mass is 10.1. The Bertz CT molecular complexity index is 830. The molecule has 2 N–H and O–H groups in total. The van der Waals surface area contributed by atoms with Crippen LogP contribution in [0.25, 0.3) is 0 Å². The van der Waals surface area contributed by atoms with Crippen molar-refractivity contribution in [1.29, 1.82) is 0 Å². The molecular formula is C23H29N3O3. The van der Waals surface area contributed by atoms with Crippen molar-refractivity contribution >= 4 is 11.8 Å². The third kappa shape index (κ3) is 6.04. The van der Waals surface area contributed by atoms with Gasteiger partial charge in [-0.1, -0.05) is 49.9 Å². The van der Waals surface area contributed by atoms with Gasteiger partial charge >= 0.3 is 0 Å². The van der Waals surface area contributed by atoms with Crippen LogP contribution in [0, 0.1) is 0 Å². The Hall–Kier alpha value is -2.89. The van der Waals surface area contributed by atoms with Crippen molar-refractivity contribution in [2.45, 2.75) is 51.0 Å². The second kappa shape index (κ2) is 10.6. The van der Waals surface area contributed by atoms with E-state index in [9.17, 15) is 9.59 Å². The van der Waals surface area contributed by atoms with Crippen LogP contribution >= 0.6 is 0 Å². The Kier molecular flexibility index (Phi) is 7.61. The van der Waals surface area contributed by atoms with Crippen molar-refractivity contribution in [2.24, 2.45) is 0 Å².